The van der Waals surface area contributed by atoms with Crippen molar-refractivity contribution >= 4 is 11.9 Å². The highest BCUT2D eigenvalue weighted by atomic mass is 16.5. The first-order chi connectivity index (χ1) is 15.4. The van der Waals surface area contributed by atoms with Crippen molar-refractivity contribution in [1.29, 1.82) is 0 Å². The van der Waals surface area contributed by atoms with Crippen molar-refractivity contribution in [3.05, 3.63) is 64.7 Å². The van der Waals surface area contributed by atoms with Crippen LogP contribution in [0, 0.1) is 5.92 Å². The Morgan fingerprint density at radius 1 is 1.09 bits per heavy atom. The number of nitrogens with zero attached hydrogens (tertiary/aromatic N) is 1. The van der Waals surface area contributed by atoms with Gasteiger partial charge in [-0.2, -0.15) is 0 Å². The van der Waals surface area contributed by atoms with Gasteiger partial charge in [-0.05, 0) is 40.8 Å². The van der Waals surface area contributed by atoms with Crippen LogP contribution in [-0.2, 0) is 22.5 Å². The maximum atomic E-state index is 12.4. The van der Waals surface area contributed by atoms with Crippen LogP contribution in [-0.4, -0.2) is 61.3 Å². The van der Waals surface area contributed by atoms with Gasteiger partial charge in [-0.3, -0.25) is 14.5 Å². The van der Waals surface area contributed by atoms with Crippen LogP contribution in [0.4, 0.5) is 0 Å². The summed E-state index contributed by atoms with van der Waals surface area (Å²) in [6, 6.07) is 13.7. The van der Waals surface area contributed by atoms with Gasteiger partial charge in [0.1, 0.15) is 18.9 Å². The Morgan fingerprint density at radius 3 is 2.69 bits per heavy atom. The van der Waals surface area contributed by atoms with Gasteiger partial charge in [0.2, 0.25) is 0 Å². The zero-order valence-electron chi connectivity index (χ0n) is 18.8. The number of nitrogens with one attached hydrogen (secondary N) is 1. The fraction of sp³-hybridized carbons (Fsp3) is 0.440. The van der Waals surface area contributed by atoms with Crippen LogP contribution in [0.3, 0.4) is 0 Å². The summed E-state index contributed by atoms with van der Waals surface area (Å²) in [7, 11) is 0. The van der Waals surface area contributed by atoms with E-state index in [4.69, 9.17) is 14.6 Å². The van der Waals surface area contributed by atoms with Crippen molar-refractivity contribution in [3.63, 3.8) is 0 Å². The molecule has 0 unspecified atom stereocenters. The third-order valence-electron chi connectivity index (χ3n) is 5.18. The van der Waals surface area contributed by atoms with Crippen LogP contribution in [0.2, 0.25) is 0 Å². The second-order valence-corrected chi connectivity index (χ2v) is 8.49. The van der Waals surface area contributed by atoms with Crippen LogP contribution < -0.4 is 10.1 Å². The van der Waals surface area contributed by atoms with E-state index in [1.165, 1.54) is 5.56 Å². The lowest BCUT2D eigenvalue weighted by Crippen LogP contribution is -2.31. The molecule has 0 aromatic heterocycles. The Bertz CT molecular complexity index is 928. The standard InChI is InChI=1S/C25H32N2O5/c1-18(2)16-27-8-9-31-10-11-32-23-7-6-21(25(30)26-15-24(28)29)14-22(23)13-19-4-3-5-20(12-19)17-27/h3-7,12,14,18H,8-11,13,15-17H2,1-2H3,(H,26,30)(H,28,29). The molecule has 0 saturated heterocycles. The number of ether oxygens (including phenoxy) is 2. The minimum atomic E-state index is -1.08. The topological polar surface area (TPSA) is 88.1 Å². The van der Waals surface area contributed by atoms with Crippen LogP contribution in [0.1, 0.15) is 40.9 Å². The Balaban J connectivity index is 1.86. The quantitative estimate of drug-likeness (QED) is 0.743. The molecule has 3 rings (SSSR count). The van der Waals surface area contributed by atoms with Crippen LogP contribution in [0.5, 0.6) is 5.75 Å². The number of hydrogen-bond acceptors (Lipinski definition) is 5. The van der Waals surface area contributed by atoms with Crippen molar-refractivity contribution in [3.8, 4) is 5.75 Å². The number of benzene rings is 2. The van der Waals surface area contributed by atoms with Gasteiger partial charge in [-0.15, -0.1) is 0 Å². The molecular weight excluding hydrogens is 408 g/mol. The van der Waals surface area contributed by atoms with Gasteiger partial charge in [-0.1, -0.05) is 38.1 Å². The summed E-state index contributed by atoms with van der Waals surface area (Å²) in [6.45, 7) is 8.30. The number of carboxylic acid groups (broad SMARTS) is 1. The van der Waals surface area contributed by atoms with E-state index in [9.17, 15) is 9.59 Å². The number of carbonyl (C=O) groups excluding carboxylic acids is 1. The lowest BCUT2D eigenvalue weighted by Gasteiger charge is -2.25. The van der Waals surface area contributed by atoms with E-state index in [0.717, 1.165) is 30.8 Å². The molecule has 0 radical (unpaired) electrons. The fourth-order valence-corrected chi connectivity index (χ4v) is 3.83. The van der Waals surface area contributed by atoms with E-state index in [2.05, 4.69) is 48.3 Å². The molecule has 1 heterocycles. The molecule has 1 aliphatic heterocycles. The summed E-state index contributed by atoms with van der Waals surface area (Å²) in [4.78, 5) is 25.5. The molecule has 2 N–H and O–H groups in total. The van der Waals surface area contributed by atoms with Crippen molar-refractivity contribution in [2.24, 2.45) is 5.92 Å². The average molecular weight is 441 g/mol. The minimum Gasteiger partial charge on any atom is -0.491 e. The molecule has 1 aliphatic rings. The van der Waals surface area contributed by atoms with E-state index >= 15 is 0 Å². The normalized spacial score (nSPS) is 15.3. The number of rotatable bonds is 5. The summed E-state index contributed by atoms with van der Waals surface area (Å²) >= 11 is 0. The third kappa shape index (κ3) is 7.35. The zero-order chi connectivity index (χ0) is 22.9. The molecular formula is C25H32N2O5. The van der Waals surface area contributed by atoms with Crippen molar-refractivity contribution in [2.75, 3.05) is 39.5 Å². The first-order valence-electron chi connectivity index (χ1n) is 11.0. The first-order valence-corrected chi connectivity index (χ1v) is 11.0. The predicted molar refractivity (Wildman–Crippen MR) is 122 cm³/mol. The van der Waals surface area contributed by atoms with Crippen LogP contribution in [0.15, 0.2) is 42.5 Å². The lowest BCUT2D eigenvalue weighted by molar-refractivity contribution is -0.135. The minimum absolute atomic E-state index is 0.408. The second kappa shape index (κ2) is 11.6. The van der Waals surface area contributed by atoms with Gasteiger partial charge >= 0.3 is 5.97 Å². The molecule has 32 heavy (non-hydrogen) atoms. The fourth-order valence-electron chi connectivity index (χ4n) is 3.83. The predicted octanol–water partition coefficient (Wildman–Crippen LogP) is 2.96. The third-order valence-corrected chi connectivity index (χ3v) is 5.18. The first kappa shape index (κ1) is 23.8. The van der Waals surface area contributed by atoms with Gasteiger partial charge in [0.05, 0.1) is 13.2 Å². The number of amides is 1. The molecule has 0 spiro atoms. The Labute approximate surface area is 189 Å². The maximum Gasteiger partial charge on any atom is 0.322 e. The SMILES string of the molecule is CC(C)CN1CCOCCOc2ccc(C(=O)NCC(=O)O)cc2Cc2cccc(c2)C1. The van der Waals surface area contributed by atoms with E-state index in [0.29, 0.717) is 43.5 Å². The van der Waals surface area contributed by atoms with Crippen LogP contribution >= 0.6 is 0 Å². The van der Waals surface area contributed by atoms with Crippen molar-refractivity contribution in [1.82, 2.24) is 10.2 Å². The molecule has 2 bridgehead atoms. The van der Waals surface area contributed by atoms with Gasteiger partial charge in [0, 0.05) is 31.6 Å². The number of aliphatic carboxylic acids is 1. The Hall–Kier alpha value is -2.90. The highest BCUT2D eigenvalue weighted by Crippen LogP contribution is 2.24. The van der Waals surface area contributed by atoms with Gasteiger partial charge in [0.15, 0.2) is 0 Å². The average Bonchev–Trinajstić information content (AvgIpc) is 2.74. The second-order valence-electron chi connectivity index (χ2n) is 8.49. The number of carboxylic acids is 1. The van der Waals surface area contributed by atoms with E-state index in [1.54, 1.807) is 18.2 Å². The number of carbonyl (C=O) groups is 2. The lowest BCUT2D eigenvalue weighted by atomic mass is 9.99. The molecule has 0 aliphatic carbocycles. The highest BCUT2D eigenvalue weighted by molar-refractivity contribution is 5.96. The van der Waals surface area contributed by atoms with Gasteiger partial charge in [0.25, 0.3) is 5.91 Å². The molecule has 0 fully saturated rings. The zero-order valence-corrected chi connectivity index (χ0v) is 18.8. The van der Waals surface area contributed by atoms with E-state index in [-0.39, 0.29) is 0 Å². The van der Waals surface area contributed by atoms with E-state index < -0.39 is 18.4 Å². The number of fused-ring (bicyclic) bond motifs is 3. The Morgan fingerprint density at radius 2 is 1.91 bits per heavy atom. The summed E-state index contributed by atoms with van der Waals surface area (Å²) in [6.07, 6.45) is 0.605. The Kier molecular flexibility index (Phi) is 8.64. The van der Waals surface area contributed by atoms with Crippen molar-refractivity contribution in [2.45, 2.75) is 26.8 Å². The molecule has 7 nitrogen and oxygen atoms in total. The highest BCUT2D eigenvalue weighted by Gasteiger charge is 2.14. The molecule has 0 atom stereocenters. The molecule has 1 amide bonds. The molecule has 172 valence electrons. The summed E-state index contributed by atoms with van der Waals surface area (Å²) in [5, 5.41) is 11.2. The monoisotopic (exact) mass is 440 g/mol. The molecule has 2 aromatic rings. The van der Waals surface area contributed by atoms with Crippen molar-refractivity contribution < 1.29 is 24.2 Å². The summed E-state index contributed by atoms with van der Waals surface area (Å²) in [5.41, 5.74) is 3.65. The summed E-state index contributed by atoms with van der Waals surface area (Å²) in [5.74, 6) is -0.232. The smallest absolute Gasteiger partial charge is 0.322 e. The van der Waals surface area contributed by atoms with Gasteiger partial charge < -0.3 is 19.9 Å². The molecule has 2 aromatic carbocycles. The number of hydrogen-bond donors (Lipinski definition) is 2. The maximum absolute atomic E-state index is 12.4. The van der Waals surface area contributed by atoms with Gasteiger partial charge in [-0.25, -0.2) is 0 Å². The van der Waals surface area contributed by atoms with Crippen LogP contribution in [0.25, 0.3) is 0 Å². The summed E-state index contributed by atoms with van der Waals surface area (Å²) < 4.78 is 11.8. The van der Waals surface area contributed by atoms with E-state index in [1.807, 2.05) is 0 Å². The molecule has 7 heteroatoms. The largest absolute Gasteiger partial charge is 0.491 e. The molecule has 0 saturated carbocycles.